The van der Waals surface area contributed by atoms with Crippen LogP contribution in [0.1, 0.15) is 29.7 Å². The van der Waals surface area contributed by atoms with Crippen LogP contribution in [-0.4, -0.2) is 19.7 Å². The third-order valence-electron chi connectivity index (χ3n) is 4.24. The van der Waals surface area contributed by atoms with E-state index >= 15 is 0 Å². The predicted octanol–water partition coefficient (Wildman–Crippen LogP) is 2.00. The van der Waals surface area contributed by atoms with Crippen molar-refractivity contribution >= 4 is 11.3 Å². The smallest absolute Gasteiger partial charge is 0.116 e. The Labute approximate surface area is 93.6 Å². The highest BCUT2D eigenvalue weighted by molar-refractivity contribution is 7.10. The molecule has 0 aromatic carbocycles. The van der Waals surface area contributed by atoms with Gasteiger partial charge in [0.15, 0.2) is 0 Å². The molecule has 3 heteroatoms. The quantitative estimate of drug-likeness (QED) is 0.723. The summed E-state index contributed by atoms with van der Waals surface area (Å²) < 4.78 is 6.24. The first-order valence-corrected chi connectivity index (χ1v) is 6.66. The van der Waals surface area contributed by atoms with Gasteiger partial charge in [0.1, 0.15) is 5.60 Å². The molecule has 1 unspecified atom stereocenters. The van der Waals surface area contributed by atoms with E-state index in [4.69, 9.17) is 4.74 Å². The van der Waals surface area contributed by atoms with Crippen LogP contribution in [0, 0.1) is 0 Å². The molecule has 15 heavy (non-hydrogen) atoms. The molecule has 0 radical (unpaired) electrons. The maximum atomic E-state index is 6.24. The first kappa shape index (κ1) is 8.74. The summed E-state index contributed by atoms with van der Waals surface area (Å²) in [6, 6.07) is 2.34. The number of rotatable bonds is 0. The van der Waals surface area contributed by atoms with Crippen LogP contribution in [-0.2, 0) is 15.8 Å². The molecule has 1 atom stereocenters. The van der Waals surface area contributed by atoms with Crippen LogP contribution >= 0.6 is 11.3 Å². The minimum atomic E-state index is 0.0390. The average molecular weight is 221 g/mol. The van der Waals surface area contributed by atoms with Crippen molar-refractivity contribution < 1.29 is 4.74 Å². The Hall–Kier alpha value is -0.380. The van der Waals surface area contributed by atoms with E-state index in [1.165, 1.54) is 17.7 Å². The Balaban J connectivity index is 1.87. The molecule has 2 spiro atoms. The lowest BCUT2D eigenvalue weighted by Crippen LogP contribution is -2.40. The lowest BCUT2D eigenvalue weighted by atomic mass is 9.86. The van der Waals surface area contributed by atoms with E-state index < -0.39 is 0 Å². The summed E-state index contributed by atoms with van der Waals surface area (Å²) in [6.45, 7) is 3.07. The maximum Gasteiger partial charge on any atom is 0.116 e. The number of nitrogens with one attached hydrogen (secondary N) is 1. The molecule has 1 saturated heterocycles. The first-order chi connectivity index (χ1) is 7.35. The minimum Gasteiger partial charge on any atom is -0.367 e. The molecule has 1 aromatic heterocycles. The highest BCUT2D eigenvalue weighted by atomic mass is 32.1. The Kier molecular flexibility index (Phi) is 1.54. The second-order valence-electron chi connectivity index (χ2n) is 5.15. The van der Waals surface area contributed by atoms with Gasteiger partial charge >= 0.3 is 0 Å². The summed E-state index contributed by atoms with van der Waals surface area (Å²) in [4.78, 5) is 1.52. The van der Waals surface area contributed by atoms with Gasteiger partial charge in [-0.1, -0.05) is 0 Å². The van der Waals surface area contributed by atoms with Crippen molar-refractivity contribution in [3.05, 3.63) is 21.9 Å². The van der Waals surface area contributed by atoms with Crippen molar-refractivity contribution in [1.29, 1.82) is 0 Å². The van der Waals surface area contributed by atoms with Gasteiger partial charge in [0.2, 0.25) is 0 Å². The van der Waals surface area contributed by atoms with Gasteiger partial charge in [-0.05, 0) is 42.8 Å². The van der Waals surface area contributed by atoms with Gasteiger partial charge in [0.25, 0.3) is 0 Å². The van der Waals surface area contributed by atoms with Gasteiger partial charge in [-0.15, -0.1) is 11.3 Å². The lowest BCUT2D eigenvalue weighted by molar-refractivity contribution is -0.0569. The maximum absolute atomic E-state index is 6.24. The Morgan fingerprint density at radius 3 is 3.00 bits per heavy atom. The molecule has 1 saturated carbocycles. The molecule has 1 N–H and O–H groups in total. The van der Waals surface area contributed by atoms with Gasteiger partial charge in [0, 0.05) is 16.8 Å². The van der Waals surface area contributed by atoms with Crippen LogP contribution in [0.2, 0.25) is 0 Å². The van der Waals surface area contributed by atoms with Gasteiger partial charge in [-0.2, -0.15) is 0 Å². The molecule has 80 valence electrons. The van der Waals surface area contributed by atoms with E-state index in [1.807, 2.05) is 11.3 Å². The van der Waals surface area contributed by atoms with E-state index in [2.05, 4.69) is 16.8 Å². The van der Waals surface area contributed by atoms with Gasteiger partial charge in [-0.3, -0.25) is 0 Å². The predicted molar refractivity (Wildman–Crippen MR) is 60.3 cm³/mol. The number of ether oxygens (including phenoxy) is 1. The van der Waals surface area contributed by atoms with Crippen molar-refractivity contribution in [2.45, 2.75) is 30.3 Å². The molecular formula is C12H15NOS. The second kappa shape index (κ2) is 2.65. The zero-order valence-electron chi connectivity index (χ0n) is 8.71. The number of hydrogen-bond donors (Lipinski definition) is 1. The zero-order valence-corrected chi connectivity index (χ0v) is 9.53. The van der Waals surface area contributed by atoms with Crippen molar-refractivity contribution in [1.82, 2.24) is 5.32 Å². The highest BCUT2D eigenvalue weighted by Gasteiger charge is 2.55. The molecular weight excluding hydrogens is 206 g/mol. The van der Waals surface area contributed by atoms with E-state index in [0.717, 1.165) is 26.1 Å². The van der Waals surface area contributed by atoms with Crippen LogP contribution in [0.4, 0.5) is 0 Å². The van der Waals surface area contributed by atoms with Crippen LogP contribution in [0.3, 0.4) is 0 Å². The van der Waals surface area contributed by atoms with Crippen LogP contribution in [0.25, 0.3) is 0 Å². The molecule has 2 nitrogen and oxygen atoms in total. The summed E-state index contributed by atoms with van der Waals surface area (Å²) in [5, 5.41) is 5.69. The van der Waals surface area contributed by atoms with Gasteiger partial charge in [0.05, 0.1) is 6.61 Å². The van der Waals surface area contributed by atoms with E-state index in [-0.39, 0.29) is 5.60 Å². The zero-order chi connectivity index (χ0) is 9.93. The van der Waals surface area contributed by atoms with E-state index in [1.54, 1.807) is 5.56 Å². The fourth-order valence-electron chi connectivity index (χ4n) is 3.05. The molecule has 2 aliphatic heterocycles. The molecule has 2 fully saturated rings. The largest absolute Gasteiger partial charge is 0.367 e. The van der Waals surface area contributed by atoms with Crippen molar-refractivity contribution in [3.8, 4) is 0 Å². The summed E-state index contributed by atoms with van der Waals surface area (Å²) in [5.41, 5.74) is 2.09. The van der Waals surface area contributed by atoms with Crippen molar-refractivity contribution in [3.63, 3.8) is 0 Å². The fourth-order valence-corrected chi connectivity index (χ4v) is 4.25. The minimum absolute atomic E-state index is 0.0390. The number of thiophene rings is 1. The summed E-state index contributed by atoms with van der Waals surface area (Å²) in [7, 11) is 0. The Bertz CT molecular complexity index is 402. The van der Waals surface area contributed by atoms with Crippen LogP contribution in [0.15, 0.2) is 11.4 Å². The SMILES string of the molecule is c1cc2c(s1)C1(CCNC1)OCC21CC1. The van der Waals surface area contributed by atoms with Crippen LogP contribution < -0.4 is 5.32 Å². The monoisotopic (exact) mass is 221 g/mol. The molecule has 0 bridgehead atoms. The van der Waals surface area contributed by atoms with E-state index in [0.29, 0.717) is 5.41 Å². The second-order valence-corrected chi connectivity index (χ2v) is 6.07. The third-order valence-corrected chi connectivity index (χ3v) is 5.34. The van der Waals surface area contributed by atoms with Gasteiger partial charge in [-0.25, -0.2) is 0 Å². The molecule has 1 aliphatic carbocycles. The van der Waals surface area contributed by atoms with Gasteiger partial charge < -0.3 is 10.1 Å². The number of hydrogen-bond acceptors (Lipinski definition) is 3. The lowest BCUT2D eigenvalue weighted by Gasteiger charge is -2.37. The fraction of sp³-hybridized carbons (Fsp3) is 0.667. The average Bonchev–Trinajstić information content (AvgIpc) is 2.73. The topological polar surface area (TPSA) is 21.3 Å². The Morgan fingerprint density at radius 1 is 1.33 bits per heavy atom. The standard InChI is InChI=1S/C12H15NOS/c1-6-15-10-9(1)11(2-3-11)8-14-12(10)4-5-13-7-12/h1,6,13H,2-5,7-8H2. The van der Waals surface area contributed by atoms with E-state index in [9.17, 15) is 0 Å². The highest BCUT2D eigenvalue weighted by Crippen LogP contribution is 2.57. The molecule has 0 amide bonds. The number of fused-ring (bicyclic) bond motifs is 3. The third kappa shape index (κ3) is 1.01. The van der Waals surface area contributed by atoms with Crippen molar-refractivity contribution in [2.24, 2.45) is 0 Å². The molecule has 1 aromatic rings. The summed E-state index contributed by atoms with van der Waals surface area (Å²) >= 11 is 1.90. The Morgan fingerprint density at radius 2 is 2.27 bits per heavy atom. The molecule has 4 rings (SSSR count). The molecule has 3 heterocycles. The van der Waals surface area contributed by atoms with Crippen LogP contribution in [0.5, 0.6) is 0 Å². The summed E-state index contributed by atoms with van der Waals surface area (Å²) in [5.74, 6) is 0. The normalized spacial score (nSPS) is 36.0. The first-order valence-electron chi connectivity index (χ1n) is 5.78. The van der Waals surface area contributed by atoms with Crippen molar-refractivity contribution in [2.75, 3.05) is 19.7 Å². The molecule has 3 aliphatic rings. The summed E-state index contributed by atoms with van der Waals surface area (Å²) in [6.07, 6.45) is 3.82.